The molecule has 4 heteroatoms. The normalized spacial score (nSPS) is 10.7. The van der Waals surface area contributed by atoms with Crippen LogP contribution in [0.2, 0.25) is 0 Å². The summed E-state index contributed by atoms with van der Waals surface area (Å²) in [5.41, 5.74) is 7.45. The van der Waals surface area contributed by atoms with E-state index in [-0.39, 0.29) is 17.7 Å². The fourth-order valence-corrected chi connectivity index (χ4v) is 2.23. The Morgan fingerprint density at radius 3 is 2.38 bits per heavy atom. The van der Waals surface area contributed by atoms with E-state index in [1.54, 1.807) is 12.1 Å². The van der Waals surface area contributed by atoms with Gasteiger partial charge in [0.15, 0.2) is 0 Å². The van der Waals surface area contributed by atoms with E-state index in [1.165, 1.54) is 6.07 Å². The number of benzene rings is 2. The van der Waals surface area contributed by atoms with E-state index in [0.717, 1.165) is 5.56 Å². The first-order valence-electron chi connectivity index (χ1n) is 6.93. The van der Waals surface area contributed by atoms with Crippen LogP contribution in [0.5, 0.6) is 0 Å². The van der Waals surface area contributed by atoms with Crippen LogP contribution in [0.3, 0.4) is 0 Å². The molecule has 0 radical (unpaired) electrons. The zero-order valence-corrected chi connectivity index (χ0v) is 12.3. The van der Waals surface area contributed by atoms with E-state index in [1.807, 2.05) is 49.1 Å². The molecule has 0 spiro atoms. The van der Waals surface area contributed by atoms with Crippen molar-refractivity contribution in [3.63, 3.8) is 0 Å². The summed E-state index contributed by atoms with van der Waals surface area (Å²) in [6, 6.07) is 14.8. The van der Waals surface area contributed by atoms with Gasteiger partial charge in [-0.25, -0.2) is 4.39 Å². The lowest BCUT2D eigenvalue weighted by Crippen LogP contribution is -2.31. The van der Waals surface area contributed by atoms with Gasteiger partial charge in [0.2, 0.25) is 0 Å². The summed E-state index contributed by atoms with van der Waals surface area (Å²) in [4.78, 5) is 1.99. The first kappa shape index (κ1) is 15.0. The number of nitrogens with zero attached hydrogens (tertiary/aromatic N) is 1. The molecule has 2 aromatic carbocycles. The molecule has 0 saturated carbocycles. The van der Waals surface area contributed by atoms with Gasteiger partial charge in [-0.05, 0) is 37.6 Å². The van der Waals surface area contributed by atoms with Gasteiger partial charge < -0.3 is 10.6 Å². The predicted octanol–water partition coefficient (Wildman–Crippen LogP) is 3.52. The summed E-state index contributed by atoms with van der Waals surface area (Å²) < 4.78 is 14.3. The van der Waals surface area contributed by atoms with Crippen molar-refractivity contribution < 1.29 is 4.39 Å². The lowest BCUT2D eigenvalue weighted by atomic mass is 10.1. The van der Waals surface area contributed by atoms with Gasteiger partial charge in [-0.1, -0.05) is 30.3 Å². The lowest BCUT2D eigenvalue weighted by Gasteiger charge is -2.29. The number of nitrogen functional groups attached to an aromatic ring is 1. The SMILES string of the molecule is CC(C)N(Cc1ccccc1)c1ccc(C(=N)N)cc1F. The molecule has 0 aliphatic rings. The van der Waals surface area contributed by atoms with Crippen LogP contribution in [-0.4, -0.2) is 11.9 Å². The van der Waals surface area contributed by atoms with Crippen molar-refractivity contribution in [2.24, 2.45) is 5.73 Å². The summed E-state index contributed by atoms with van der Waals surface area (Å²) in [5.74, 6) is -0.480. The van der Waals surface area contributed by atoms with Crippen LogP contribution in [0.25, 0.3) is 0 Å². The minimum Gasteiger partial charge on any atom is -0.384 e. The molecular weight excluding hydrogens is 265 g/mol. The van der Waals surface area contributed by atoms with Gasteiger partial charge in [-0.2, -0.15) is 0 Å². The maximum atomic E-state index is 14.3. The van der Waals surface area contributed by atoms with Crippen LogP contribution in [0.15, 0.2) is 48.5 Å². The molecule has 0 heterocycles. The Bertz CT molecular complexity index is 623. The van der Waals surface area contributed by atoms with Gasteiger partial charge in [-0.3, -0.25) is 5.41 Å². The van der Waals surface area contributed by atoms with Crippen molar-refractivity contribution >= 4 is 11.5 Å². The number of hydrogen-bond donors (Lipinski definition) is 2. The van der Waals surface area contributed by atoms with Crippen molar-refractivity contribution in [3.05, 3.63) is 65.5 Å². The highest BCUT2D eigenvalue weighted by atomic mass is 19.1. The molecule has 0 aliphatic heterocycles. The van der Waals surface area contributed by atoms with E-state index in [0.29, 0.717) is 17.8 Å². The summed E-state index contributed by atoms with van der Waals surface area (Å²) in [5, 5.41) is 7.37. The second-order valence-corrected chi connectivity index (χ2v) is 5.29. The maximum absolute atomic E-state index is 14.3. The fourth-order valence-electron chi connectivity index (χ4n) is 2.23. The van der Waals surface area contributed by atoms with Crippen LogP contribution in [0.1, 0.15) is 25.0 Å². The van der Waals surface area contributed by atoms with Crippen LogP contribution in [0.4, 0.5) is 10.1 Å². The molecule has 0 fully saturated rings. The Morgan fingerprint density at radius 1 is 1.19 bits per heavy atom. The number of nitrogens with one attached hydrogen (secondary N) is 1. The second-order valence-electron chi connectivity index (χ2n) is 5.29. The first-order chi connectivity index (χ1) is 9.99. The minimum absolute atomic E-state index is 0.125. The molecule has 0 unspecified atom stereocenters. The molecule has 3 nitrogen and oxygen atoms in total. The molecule has 2 rings (SSSR count). The smallest absolute Gasteiger partial charge is 0.147 e. The van der Waals surface area contributed by atoms with Crippen LogP contribution in [-0.2, 0) is 6.54 Å². The molecule has 0 aromatic heterocycles. The van der Waals surface area contributed by atoms with Gasteiger partial charge in [0, 0.05) is 18.2 Å². The average molecular weight is 285 g/mol. The number of hydrogen-bond acceptors (Lipinski definition) is 2. The van der Waals surface area contributed by atoms with Crippen LogP contribution >= 0.6 is 0 Å². The first-order valence-corrected chi connectivity index (χ1v) is 6.93. The third kappa shape index (κ3) is 3.60. The third-order valence-electron chi connectivity index (χ3n) is 3.39. The number of amidine groups is 1. The molecular formula is C17H20FN3. The number of rotatable bonds is 5. The average Bonchev–Trinajstić information content (AvgIpc) is 2.46. The highest BCUT2D eigenvalue weighted by Gasteiger charge is 2.16. The summed E-state index contributed by atoms with van der Waals surface area (Å²) in [7, 11) is 0. The quantitative estimate of drug-likeness (QED) is 0.652. The summed E-state index contributed by atoms with van der Waals surface area (Å²) >= 11 is 0. The Labute approximate surface area is 124 Å². The Hall–Kier alpha value is -2.36. The molecule has 0 saturated heterocycles. The van der Waals surface area contributed by atoms with E-state index in [9.17, 15) is 4.39 Å². The summed E-state index contributed by atoms with van der Waals surface area (Å²) in [6.45, 7) is 4.69. The monoisotopic (exact) mass is 285 g/mol. The van der Waals surface area contributed by atoms with Gasteiger partial charge >= 0.3 is 0 Å². The molecule has 0 amide bonds. The lowest BCUT2D eigenvalue weighted by molar-refractivity contribution is 0.598. The topological polar surface area (TPSA) is 53.1 Å². The standard InChI is InChI=1S/C17H20FN3/c1-12(2)21(11-13-6-4-3-5-7-13)16-9-8-14(17(19)20)10-15(16)18/h3-10,12H,11H2,1-2H3,(H3,19,20). The predicted molar refractivity (Wildman–Crippen MR) is 85.2 cm³/mol. The minimum atomic E-state index is -0.354. The van der Waals surface area contributed by atoms with E-state index in [4.69, 9.17) is 11.1 Å². The number of halogens is 1. The summed E-state index contributed by atoms with van der Waals surface area (Å²) in [6.07, 6.45) is 0. The van der Waals surface area contributed by atoms with Gasteiger partial charge in [0.05, 0.1) is 5.69 Å². The maximum Gasteiger partial charge on any atom is 0.147 e. The number of anilines is 1. The van der Waals surface area contributed by atoms with Gasteiger partial charge in [0.1, 0.15) is 11.7 Å². The van der Waals surface area contributed by atoms with E-state index in [2.05, 4.69) is 0 Å². The zero-order chi connectivity index (χ0) is 15.4. The molecule has 0 atom stereocenters. The molecule has 0 bridgehead atoms. The molecule has 2 aromatic rings. The van der Waals surface area contributed by atoms with Crippen molar-refractivity contribution in [1.29, 1.82) is 5.41 Å². The zero-order valence-electron chi connectivity index (χ0n) is 12.3. The third-order valence-corrected chi connectivity index (χ3v) is 3.39. The molecule has 0 aliphatic carbocycles. The second kappa shape index (κ2) is 6.39. The van der Waals surface area contributed by atoms with Crippen LogP contribution in [0, 0.1) is 11.2 Å². The van der Waals surface area contributed by atoms with Crippen molar-refractivity contribution in [2.75, 3.05) is 4.90 Å². The van der Waals surface area contributed by atoms with Crippen LogP contribution < -0.4 is 10.6 Å². The van der Waals surface area contributed by atoms with Gasteiger partial charge in [0.25, 0.3) is 0 Å². The molecule has 21 heavy (non-hydrogen) atoms. The Morgan fingerprint density at radius 2 is 1.86 bits per heavy atom. The van der Waals surface area contributed by atoms with Crippen molar-refractivity contribution in [2.45, 2.75) is 26.4 Å². The van der Waals surface area contributed by atoms with Crippen molar-refractivity contribution in [1.82, 2.24) is 0 Å². The molecule has 3 N–H and O–H groups in total. The van der Waals surface area contributed by atoms with Gasteiger partial charge in [-0.15, -0.1) is 0 Å². The largest absolute Gasteiger partial charge is 0.384 e. The fraction of sp³-hybridized carbons (Fsp3) is 0.235. The van der Waals surface area contributed by atoms with E-state index < -0.39 is 0 Å². The highest BCUT2D eigenvalue weighted by molar-refractivity contribution is 5.95. The number of nitrogens with two attached hydrogens (primary N) is 1. The Balaban J connectivity index is 2.32. The molecule has 110 valence electrons. The highest BCUT2D eigenvalue weighted by Crippen LogP contribution is 2.24. The Kier molecular flexibility index (Phi) is 4.58. The van der Waals surface area contributed by atoms with Crippen molar-refractivity contribution in [3.8, 4) is 0 Å². The van der Waals surface area contributed by atoms with E-state index >= 15 is 0 Å².